The van der Waals surface area contributed by atoms with Crippen LogP contribution < -0.4 is 5.32 Å². The molecule has 8 heteroatoms. The fraction of sp³-hybridized carbons (Fsp3) is 0.909. The van der Waals surface area contributed by atoms with Gasteiger partial charge in [-0.2, -0.15) is 13.2 Å². The standard InChI is InChI=1S/C11H19F3N2O3/c12-11(13,14)9(10(17)18)8-15-2-1-3-16-4-6-19-7-5-16/h9,15H,1-8H2,(H,17,18). The number of halogens is 3. The molecule has 2 N–H and O–H groups in total. The highest BCUT2D eigenvalue weighted by Gasteiger charge is 2.44. The summed E-state index contributed by atoms with van der Waals surface area (Å²) in [6.45, 7) is 3.60. The molecule has 0 aromatic rings. The first-order chi connectivity index (χ1) is 8.91. The molecule has 0 radical (unpaired) electrons. The minimum Gasteiger partial charge on any atom is -0.481 e. The summed E-state index contributed by atoms with van der Waals surface area (Å²) in [7, 11) is 0. The number of ether oxygens (including phenoxy) is 1. The van der Waals surface area contributed by atoms with Crippen LogP contribution in [-0.4, -0.2) is 68.1 Å². The molecule has 5 nitrogen and oxygen atoms in total. The summed E-state index contributed by atoms with van der Waals surface area (Å²) in [6, 6.07) is 0. The van der Waals surface area contributed by atoms with Crippen LogP contribution in [-0.2, 0) is 9.53 Å². The third-order valence-corrected chi connectivity index (χ3v) is 2.97. The zero-order valence-corrected chi connectivity index (χ0v) is 10.6. The molecule has 1 saturated heterocycles. The van der Waals surface area contributed by atoms with Crippen LogP contribution in [0.5, 0.6) is 0 Å². The molecule has 19 heavy (non-hydrogen) atoms. The van der Waals surface area contributed by atoms with Crippen molar-refractivity contribution in [3.05, 3.63) is 0 Å². The van der Waals surface area contributed by atoms with Crippen molar-refractivity contribution in [3.8, 4) is 0 Å². The fourth-order valence-corrected chi connectivity index (χ4v) is 1.84. The van der Waals surface area contributed by atoms with Crippen molar-refractivity contribution in [2.75, 3.05) is 45.9 Å². The summed E-state index contributed by atoms with van der Waals surface area (Å²) in [5.74, 6) is -4.18. The Labute approximate surface area is 109 Å². The van der Waals surface area contributed by atoms with Crippen molar-refractivity contribution in [3.63, 3.8) is 0 Å². The van der Waals surface area contributed by atoms with E-state index in [0.29, 0.717) is 26.2 Å². The maximum Gasteiger partial charge on any atom is 0.403 e. The van der Waals surface area contributed by atoms with Gasteiger partial charge in [0.05, 0.1) is 13.2 Å². The Kier molecular flexibility index (Phi) is 6.53. The van der Waals surface area contributed by atoms with Crippen LogP contribution in [0.1, 0.15) is 6.42 Å². The van der Waals surface area contributed by atoms with Gasteiger partial charge in [0, 0.05) is 19.6 Å². The zero-order chi connectivity index (χ0) is 14.3. The van der Waals surface area contributed by atoms with E-state index < -0.39 is 24.6 Å². The van der Waals surface area contributed by atoms with E-state index in [1.807, 2.05) is 0 Å². The number of rotatable bonds is 7. The number of alkyl halides is 3. The van der Waals surface area contributed by atoms with Gasteiger partial charge in [-0.05, 0) is 19.5 Å². The Morgan fingerprint density at radius 2 is 2.00 bits per heavy atom. The first-order valence-corrected chi connectivity index (χ1v) is 6.21. The van der Waals surface area contributed by atoms with Gasteiger partial charge in [0.15, 0.2) is 5.92 Å². The zero-order valence-electron chi connectivity index (χ0n) is 10.6. The minimum absolute atomic E-state index is 0.372. The topological polar surface area (TPSA) is 61.8 Å². The summed E-state index contributed by atoms with van der Waals surface area (Å²) in [6.07, 6.45) is -4.02. The summed E-state index contributed by atoms with van der Waals surface area (Å²) in [5.41, 5.74) is 0. The van der Waals surface area contributed by atoms with Gasteiger partial charge in [-0.15, -0.1) is 0 Å². The van der Waals surface area contributed by atoms with Crippen molar-refractivity contribution in [2.45, 2.75) is 12.6 Å². The van der Waals surface area contributed by atoms with Gasteiger partial charge in [-0.25, -0.2) is 0 Å². The van der Waals surface area contributed by atoms with Crippen LogP contribution >= 0.6 is 0 Å². The van der Waals surface area contributed by atoms with E-state index in [2.05, 4.69) is 10.2 Å². The first kappa shape index (κ1) is 16.2. The predicted octanol–water partition coefficient (Wildman–Crippen LogP) is 0.561. The lowest BCUT2D eigenvalue weighted by molar-refractivity contribution is -0.192. The minimum atomic E-state index is -4.71. The van der Waals surface area contributed by atoms with Crippen molar-refractivity contribution in [1.29, 1.82) is 0 Å². The number of carboxylic acid groups (broad SMARTS) is 1. The van der Waals surface area contributed by atoms with Gasteiger partial charge in [0.1, 0.15) is 0 Å². The van der Waals surface area contributed by atoms with E-state index in [0.717, 1.165) is 19.6 Å². The lowest BCUT2D eigenvalue weighted by Crippen LogP contribution is -2.40. The van der Waals surface area contributed by atoms with Gasteiger partial charge < -0.3 is 15.2 Å². The molecule has 0 bridgehead atoms. The summed E-state index contributed by atoms with van der Waals surface area (Å²) >= 11 is 0. The monoisotopic (exact) mass is 284 g/mol. The Bertz CT molecular complexity index is 281. The number of morpholine rings is 1. The number of nitrogens with zero attached hydrogens (tertiary/aromatic N) is 1. The molecule has 0 aromatic heterocycles. The molecular weight excluding hydrogens is 265 g/mol. The number of carboxylic acids is 1. The van der Waals surface area contributed by atoms with E-state index in [9.17, 15) is 18.0 Å². The predicted molar refractivity (Wildman–Crippen MR) is 61.9 cm³/mol. The average Bonchev–Trinajstić information content (AvgIpc) is 2.32. The van der Waals surface area contributed by atoms with Gasteiger partial charge in [0.25, 0.3) is 0 Å². The van der Waals surface area contributed by atoms with Crippen LogP contribution in [0.3, 0.4) is 0 Å². The number of nitrogens with one attached hydrogen (secondary N) is 1. The highest BCUT2D eigenvalue weighted by molar-refractivity contribution is 5.71. The summed E-state index contributed by atoms with van der Waals surface area (Å²) < 4.78 is 42.2. The molecule has 1 unspecified atom stereocenters. The molecule has 1 rings (SSSR count). The molecular formula is C11H19F3N2O3. The van der Waals surface area contributed by atoms with Crippen molar-refractivity contribution >= 4 is 5.97 Å². The summed E-state index contributed by atoms with van der Waals surface area (Å²) in [5, 5.41) is 11.0. The van der Waals surface area contributed by atoms with Crippen molar-refractivity contribution < 1.29 is 27.8 Å². The van der Waals surface area contributed by atoms with Crippen LogP contribution in [0.25, 0.3) is 0 Å². The highest BCUT2D eigenvalue weighted by Crippen LogP contribution is 2.25. The molecule has 112 valence electrons. The lowest BCUT2D eigenvalue weighted by Gasteiger charge is -2.26. The first-order valence-electron chi connectivity index (χ1n) is 6.21. The summed E-state index contributed by atoms with van der Waals surface area (Å²) in [4.78, 5) is 12.6. The Hall–Kier alpha value is -0.860. The molecule has 0 aliphatic carbocycles. The number of hydrogen-bond donors (Lipinski definition) is 2. The van der Waals surface area contributed by atoms with Crippen molar-refractivity contribution in [1.82, 2.24) is 10.2 Å². The maximum atomic E-state index is 12.3. The van der Waals surface area contributed by atoms with Crippen LogP contribution in [0.2, 0.25) is 0 Å². The molecule has 0 spiro atoms. The van der Waals surface area contributed by atoms with Gasteiger partial charge in [0.2, 0.25) is 0 Å². The van der Waals surface area contributed by atoms with E-state index in [4.69, 9.17) is 9.84 Å². The smallest absolute Gasteiger partial charge is 0.403 e. The molecule has 1 heterocycles. The van der Waals surface area contributed by atoms with E-state index in [1.54, 1.807) is 0 Å². The molecule has 1 fully saturated rings. The second-order valence-electron chi connectivity index (χ2n) is 4.44. The second-order valence-corrected chi connectivity index (χ2v) is 4.44. The number of aliphatic carboxylic acids is 1. The third kappa shape index (κ3) is 6.22. The van der Waals surface area contributed by atoms with Gasteiger partial charge in [-0.3, -0.25) is 9.69 Å². The highest BCUT2D eigenvalue weighted by atomic mass is 19.4. The average molecular weight is 284 g/mol. The molecule has 1 aliphatic rings. The Morgan fingerprint density at radius 1 is 1.37 bits per heavy atom. The Morgan fingerprint density at radius 3 is 2.53 bits per heavy atom. The third-order valence-electron chi connectivity index (χ3n) is 2.97. The molecule has 0 saturated carbocycles. The van der Waals surface area contributed by atoms with E-state index in [-0.39, 0.29) is 0 Å². The molecule has 0 aromatic carbocycles. The van der Waals surface area contributed by atoms with Crippen LogP contribution in [0, 0.1) is 5.92 Å². The lowest BCUT2D eigenvalue weighted by atomic mass is 10.1. The fourth-order valence-electron chi connectivity index (χ4n) is 1.84. The normalized spacial score (nSPS) is 19.3. The number of hydrogen-bond acceptors (Lipinski definition) is 4. The second kappa shape index (κ2) is 7.66. The quantitative estimate of drug-likeness (QED) is 0.669. The Balaban J connectivity index is 2.13. The van der Waals surface area contributed by atoms with E-state index >= 15 is 0 Å². The van der Waals surface area contributed by atoms with Crippen LogP contribution in [0.4, 0.5) is 13.2 Å². The maximum absolute atomic E-state index is 12.3. The van der Waals surface area contributed by atoms with Crippen molar-refractivity contribution in [2.24, 2.45) is 5.92 Å². The SMILES string of the molecule is O=C(O)C(CNCCCN1CCOCC1)C(F)(F)F. The number of carbonyl (C=O) groups is 1. The molecule has 1 aliphatic heterocycles. The molecule has 0 amide bonds. The van der Waals surface area contributed by atoms with Gasteiger partial charge >= 0.3 is 12.1 Å². The van der Waals surface area contributed by atoms with E-state index in [1.165, 1.54) is 0 Å². The van der Waals surface area contributed by atoms with Gasteiger partial charge in [-0.1, -0.05) is 0 Å². The molecule has 1 atom stereocenters. The van der Waals surface area contributed by atoms with Crippen LogP contribution in [0.15, 0.2) is 0 Å². The largest absolute Gasteiger partial charge is 0.481 e.